The third kappa shape index (κ3) is 3.43. The van der Waals surface area contributed by atoms with Gasteiger partial charge in [-0.3, -0.25) is 14.9 Å². The molecule has 1 amide bonds. The molecule has 24 heavy (non-hydrogen) atoms. The maximum Gasteiger partial charge on any atom is 0.294 e. The number of nitrogens with one attached hydrogen (secondary N) is 2. The number of nitro groups is 1. The maximum atomic E-state index is 12.4. The molecule has 126 valence electrons. The summed E-state index contributed by atoms with van der Waals surface area (Å²) in [6.45, 7) is 3.26. The van der Waals surface area contributed by atoms with Gasteiger partial charge in [-0.2, -0.15) is 0 Å². The largest absolute Gasteiger partial charge is 0.321 e. The van der Waals surface area contributed by atoms with E-state index in [0.717, 1.165) is 17.9 Å². The molecule has 0 saturated heterocycles. The number of rotatable bonds is 4. The minimum atomic E-state index is -0.546. The summed E-state index contributed by atoms with van der Waals surface area (Å²) < 4.78 is 0. The second-order valence-electron chi connectivity index (χ2n) is 5.82. The normalized spacial score (nSPS) is 19.6. The van der Waals surface area contributed by atoms with Crippen LogP contribution in [-0.2, 0) is 11.2 Å². The summed E-state index contributed by atoms with van der Waals surface area (Å²) in [6.07, 6.45) is 0.959. The van der Waals surface area contributed by atoms with Crippen LogP contribution in [0, 0.1) is 10.1 Å². The van der Waals surface area contributed by atoms with E-state index in [1.54, 1.807) is 11.3 Å². The first-order chi connectivity index (χ1) is 11.5. The zero-order valence-corrected chi connectivity index (χ0v) is 14.6. The molecule has 2 atom stereocenters. The maximum absolute atomic E-state index is 12.4. The molecule has 0 aliphatic carbocycles. The summed E-state index contributed by atoms with van der Waals surface area (Å²) in [7, 11) is 0. The first kappa shape index (κ1) is 16.9. The summed E-state index contributed by atoms with van der Waals surface area (Å²) in [5, 5.41) is 16.1. The van der Waals surface area contributed by atoms with Crippen LogP contribution in [0.3, 0.4) is 0 Å². The van der Waals surface area contributed by atoms with Crippen molar-refractivity contribution < 1.29 is 14.6 Å². The fourth-order valence-corrected chi connectivity index (χ4v) is 4.20. The molecule has 6 nitrogen and oxygen atoms in total. The highest BCUT2D eigenvalue weighted by atomic mass is 35.5. The molecular weight excluding hydrogens is 350 g/mol. The van der Waals surface area contributed by atoms with Crippen LogP contribution in [0.15, 0.2) is 29.6 Å². The van der Waals surface area contributed by atoms with Gasteiger partial charge in [0.25, 0.3) is 11.6 Å². The highest BCUT2D eigenvalue weighted by Gasteiger charge is 2.30. The van der Waals surface area contributed by atoms with Gasteiger partial charge < -0.3 is 10.2 Å². The number of carbonyl (C=O) groups excluding carboxylic acids is 1. The Labute approximate surface area is 148 Å². The Morgan fingerprint density at radius 2 is 2.29 bits per heavy atom. The number of hydrogen-bond acceptors (Lipinski definition) is 4. The van der Waals surface area contributed by atoms with Gasteiger partial charge in [0, 0.05) is 28.0 Å². The number of carbonyl (C=O) groups is 1. The number of quaternary nitrogens is 1. The van der Waals surface area contributed by atoms with Crippen molar-refractivity contribution in [1.29, 1.82) is 0 Å². The topological polar surface area (TPSA) is 76.7 Å². The average molecular weight is 367 g/mol. The molecule has 1 aromatic carbocycles. The van der Waals surface area contributed by atoms with Crippen LogP contribution in [0.2, 0.25) is 5.02 Å². The zero-order valence-electron chi connectivity index (χ0n) is 13.0. The van der Waals surface area contributed by atoms with Gasteiger partial charge in [0.15, 0.2) is 6.54 Å². The van der Waals surface area contributed by atoms with Crippen molar-refractivity contribution in [2.45, 2.75) is 19.4 Å². The molecule has 1 aromatic heterocycles. The third-order valence-electron chi connectivity index (χ3n) is 4.35. The zero-order chi connectivity index (χ0) is 17.3. The van der Waals surface area contributed by atoms with Crippen molar-refractivity contribution in [3.8, 4) is 0 Å². The molecular formula is C16H17ClN3O3S+. The van der Waals surface area contributed by atoms with Crippen LogP contribution in [0.4, 0.5) is 11.4 Å². The molecule has 2 aromatic rings. The van der Waals surface area contributed by atoms with Crippen LogP contribution in [-0.4, -0.2) is 23.9 Å². The Balaban J connectivity index is 1.70. The Bertz CT molecular complexity index is 793. The smallest absolute Gasteiger partial charge is 0.294 e. The van der Waals surface area contributed by atoms with E-state index in [1.807, 2.05) is 0 Å². The Hall–Kier alpha value is -1.96. The van der Waals surface area contributed by atoms with Crippen molar-refractivity contribution in [1.82, 2.24) is 0 Å². The van der Waals surface area contributed by atoms with Gasteiger partial charge in [-0.05, 0) is 30.5 Å². The van der Waals surface area contributed by atoms with Gasteiger partial charge in [-0.25, -0.2) is 0 Å². The second-order valence-corrected chi connectivity index (χ2v) is 7.26. The first-order valence-corrected chi connectivity index (χ1v) is 8.86. The predicted molar refractivity (Wildman–Crippen MR) is 93.9 cm³/mol. The number of thiophene rings is 1. The number of benzene rings is 1. The summed E-state index contributed by atoms with van der Waals surface area (Å²) >= 11 is 7.55. The van der Waals surface area contributed by atoms with Crippen molar-refractivity contribution in [2.75, 3.05) is 18.4 Å². The van der Waals surface area contributed by atoms with E-state index in [-0.39, 0.29) is 34.9 Å². The average Bonchev–Trinajstić information content (AvgIpc) is 3.01. The van der Waals surface area contributed by atoms with E-state index in [0.29, 0.717) is 0 Å². The van der Waals surface area contributed by atoms with Crippen LogP contribution in [0.25, 0.3) is 0 Å². The molecule has 8 heteroatoms. The lowest BCUT2D eigenvalue weighted by Gasteiger charge is -2.29. The van der Waals surface area contributed by atoms with E-state index in [2.05, 4.69) is 23.7 Å². The van der Waals surface area contributed by atoms with Crippen LogP contribution in [0.1, 0.15) is 23.4 Å². The number of amides is 1. The van der Waals surface area contributed by atoms with Gasteiger partial charge in [0.2, 0.25) is 0 Å². The Kier molecular flexibility index (Phi) is 4.84. The summed E-state index contributed by atoms with van der Waals surface area (Å²) in [4.78, 5) is 25.5. The van der Waals surface area contributed by atoms with E-state index in [9.17, 15) is 14.9 Å². The Morgan fingerprint density at radius 3 is 3.04 bits per heavy atom. The lowest BCUT2D eigenvalue weighted by Crippen LogP contribution is -3.14. The molecule has 1 unspecified atom stereocenters. The number of nitrogens with zero attached hydrogens (tertiary/aromatic N) is 1. The van der Waals surface area contributed by atoms with Crippen molar-refractivity contribution in [2.24, 2.45) is 0 Å². The van der Waals surface area contributed by atoms with Gasteiger partial charge in [0.1, 0.15) is 11.7 Å². The van der Waals surface area contributed by atoms with Crippen molar-refractivity contribution >= 4 is 40.2 Å². The third-order valence-corrected chi connectivity index (χ3v) is 5.58. The molecule has 0 fully saturated rings. The number of anilines is 1. The quantitative estimate of drug-likeness (QED) is 0.644. The van der Waals surface area contributed by atoms with E-state index >= 15 is 0 Å². The Morgan fingerprint density at radius 1 is 1.50 bits per heavy atom. The monoisotopic (exact) mass is 366 g/mol. The molecule has 1 aliphatic heterocycles. The van der Waals surface area contributed by atoms with Crippen molar-refractivity contribution in [3.05, 3.63) is 55.2 Å². The fraction of sp³-hybridized carbons (Fsp3) is 0.312. The highest BCUT2D eigenvalue weighted by molar-refractivity contribution is 7.10. The first-order valence-electron chi connectivity index (χ1n) is 7.60. The van der Waals surface area contributed by atoms with Crippen LogP contribution >= 0.6 is 22.9 Å². The molecule has 0 bridgehead atoms. The minimum Gasteiger partial charge on any atom is -0.321 e. The highest BCUT2D eigenvalue weighted by Crippen LogP contribution is 2.28. The molecule has 3 rings (SSSR count). The molecule has 0 saturated carbocycles. The summed E-state index contributed by atoms with van der Waals surface area (Å²) in [6, 6.07) is 6.59. The van der Waals surface area contributed by atoms with Crippen LogP contribution in [0.5, 0.6) is 0 Å². The lowest BCUT2D eigenvalue weighted by molar-refractivity contribution is -0.923. The number of halogens is 1. The molecule has 1 aliphatic rings. The number of hydrogen-bond donors (Lipinski definition) is 2. The minimum absolute atomic E-state index is 0.176. The SMILES string of the molecule is C[C@@H]1c2ccsc2CC[NH+]1CC(=O)Nc1ccc(Cl)cc1[N+](=O)[O-]. The van der Waals surface area contributed by atoms with Crippen molar-refractivity contribution in [3.63, 3.8) is 0 Å². The molecule has 0 spiro atoms. The molecule has 2 heterocycles. The number of nitro benzene ring substituents is 1. The van der Waals surface area contributed by atoms with E-state index in [1.165, 1.54) is 28.6 Å². The van der Waals surface area contributed by atoms with Gasteiger partial charge in [-0.1, -0.05) is 11.6 Å². The van der Waals surface area contributed by atoms with Crippen LogP contribution < -0.4 is 10.2 Å². The van der Waals surface area contributed by atoms with E-state index in [4.69, 9.17) is 11.6 Å². The lowest BCUT2D eigenvalue weighted by atomic mass is 10.0. The summed E-state index contributed by atoms with van der Waals surface area (Å²) in [5.41, 5.74) is 1.28. The van der Waals surface area contributed by atoms with Gasteiger partial charge >= 0.3 is 0 Å². The predicted octanol–water partition coefficient (Wildman–Crippen LogP) is 2.45. The molecule has 2 N–H and O–H groups in total. The number of fused-ring (bicyclic) bond motifs is 1. The fourth-order valence-electron chi connectivity index (χ4n) is 3.05. The van der Waals surface area contributed by atoms with Gasteiger partial charge in [-0.15, -0.1) is 11.3 Å². The summed E-state index contributed by atoms with van der Waals surface area (Å²) in [5.74, 6) is -0.235. The standard InChI is InChI=1S/C16H16ClN3O3S/c1-10-12-5-7-24-15(12)4-6-19(10)9-16(21)18-13-3-2-11(17)8-14(13)20(22)23/h2-3,5,7-8,10H,4,6,9H2,1H3,(H,18,21)/p+1/t10-/m1/s1. The van der Waals surface area contributed by atoms with Gasteiger partial charge in [0.05, 0.1) is 11.5 Å². The van der Waals surface area contributed by atoms with E-state index < -0.39 is 4.92 Å². The second kappa shape index (κ2) is 6.88. The molecule has 0 radical (unpaired) electrons.